The van der Waals surface area contributed by atoms with Gasteiger partial charge in [0.1, 0.15) is 11.5 Å². The second-order valence-electron chi connectivity index (χ2n) is 2.16. The number of carbonyl (C=O) groups is 1. The van der Waals surface area contributed by atoms with Crippen LogP contribution >= 0.6 is 11.6 Å². The molecule has 12 heavy (non-hydrogen) atoms. The molecule has 1 aromatic rings. The molecule has 0 spiro atoms. The van der Waals surface area contributed by atoms with E-state index in [9.17, 15) is 4.79 Å². The normalized spacial score (nSPS) is 9.50. The molecule has 0 radical (unpaired) electrons. The van der Waals surface area contributed by atoms with Gasteiger partial charge in [-0.3, -0.25) is 4.79 Å². The number of halogens is 1. The monoisotopic (exact) mass is 186 g/mol. The summed E-state index contributed by atoms with van der Waals surface area (Å²) >= 11 is 5.23. The van der Waals surface area contributed by atoms with E-state index in [-0.39, 0.29) is 11.3 Å². The lowest BCUT2D eigenvalue weighted by atomic mass is 10.2. The van der Waals surface area contributed by atoms with Crippen molar-refractivity contribution in [1.82, 2.24) is 0 Å². The molecular weight excluding hydrogens is 180 g/mol. The van der Waals surface area contributed by atoms with Gasteiger partial charge in [-0.05, 0) is 29.8 Å². The Morgan fingerprint density at radius 1 is 1.58 bits per heavy atom. The third-order valence-electron chi connectivity index (χ3n) is 1.39. The Labute approximate surface area is 74.5 Å². The second-order valence-corrected chi connectivity index (χ2v) is 2.50. The number of benzene rings is 1. The maximum Gasteiger partial charge on any atom is 0.256 e. The third kappa shape index (κ3) is 1.68. The van der Waals surface area contributed by atoms with E-state index >= 15 is 0 Å². The third-order valence-corrected chi connectivity index (χ3v) is 1.60. The smallest absolute Gasteiger partial charge is 0.256 e. The van der Waals surface area contributed by atoms with Crippen molar-refractivity contribution in [2.45, 2.75) is 0 Å². The zero-order valence-electron chi connectivity index (χ0n) is 6.37. The molecule has 0 heterocycles. The summed E-state index contributed by atoms with van der Waals surface area (Å²) in [7, 11) is 1.43. The van der Waals surface area contributed by atoms with E-state index in [1.54, 1.807) is 0 Å². The van der Waals surface area contributed by atoms with Crippen LogP contribution in [-0.2, 0) is 0 Å². The van der Waals surface area contributed by atoms with Gasteiger partial charge in [-0.25, -0.2) is 0 Å². The highest BCUT2D eigenvalue weighted by molar-refractivity contribution is 6.68. The van der Waals surface area contributed by atoms with E-state index in [4.69, 9.17) is 21.4 Å². The molecule has 1 N–H and O–H groups in total. The average molecular weight is 187 g/mol. The van der Waals surface area contributed by atoms with Crippen molar-refractivity contribution < 1.29 is 14.6 Å². The van der Waals surface area contributed by atoms with Gasteiger partial charge in [-0.15, -0.1) is 0 Å². The van der Waals surface area contributed by atoms with Gasteiger partial charge in [0.2, 0.25) is 0 Å². The van der Waals surface area contributed by atoms with Crippen molar-refractivity contribution in [3.8, 4) is 11.5 Å². The second kappa shape index (κ2) is 3.45. The van der Waals surface area contributed by atoms with Crippen molar-refractivity contribution in [2.24, 2.45) is 0 Å². The Hall–Kier alpha value is -1.22. The minimum absolute atomic E-state index is 0.0141. The molecule has 1 rings (SSSR count). The summed E-state index contributed by atoms with van der Waals surface area (Å²) in [5.41, 5.74) is 0.166. The summed E-state index contributed by atoms with van der Waals surface area (Å²) < 4.78 is 4.85. The fourth-order valence-electron chi connectivity index (χ4n) is 0.850. The van der Waals surface area contributed by atoms with E-state index in [0.717, 1.165) is 0 Å². The minimum Gasteiger partial charge on any atom is -0.508 e. The Bertz CT molecular complexity index is 309. The van der Waals surface area contributed by atoms with Crippen molar-refractivity contribution >= 4 is 16.8 Å². The van der Waals surface area contributed by atoms with Gasteiger partial charge in [0.25, 0.3) is 5.24 Å². The van der Waals surface area contributed by atoms with Crippen LogP contribution in [0, 0.1) is 0 Å². The van der Waals surface area contributed by atoms with Gasteiger partial charge in [-0.1, -0.05) is 0 Å². The van der Waals surface area contributed by atoms with E-state index < -0.39 is 5.24 Å². The predicted molar refractivity (Wildman–Crippen MR) is 44.8 cm³/mol. The molecule has 3 nitrogen and oxygen atoms in total. The first-order valence-electron chi connectivity index (χ1n) is 3.22. The van der Waals surface area contributed by atoms with Crippen LogP contribution in [0.5, 0.6) is 11.5 Å². The molecule has 0 unspecified atom stereocenters. The Morgan fingerprint density at radius 3 is 2.75 bits per heavy atom. The molecule has 0 aromatic heterocycles. The number of carbonyl (C=O) groups excluding carboxylic acids is 1. The predicted octanol–water partition coefficient (Wildman–Crippen LogP) is 1.78. The van der Waals surface area contributed by atoms with Crippen LogP contribution in [0.15, 0.2) is 18.2 Å². The van der Waals surface area contributed by atoms with Crippen LogP contribution in [0.2, 0.25) is 0 Å². The first-order chi connectivity index (χ1) is 5.65. The molecule has 0 atom stereocenters. The fraction of sp³-hybridized carbons (Fsp3) is 0.125. The number of ether oxygens (including phenoxy) is 1. The molecule has 64 valence electrons. The lowest BCUT2D eigenvalue weighted by Gasteiger charge is -2.03. The van der Waals surface area contributed by atoms with Gasteiger partial charge < -0.3 is 9.84 Å². The first kappa shape index (κ1) is 8.87. The molecule has 0 amide bonds. The first-order valence-corrected chi connectivity index (χ1v) is 3.60. The van der Waals surface area contributed by atoms with Gasteiger partial charge in [-0.2, -0.15) is 0 Å². The van der Waals surface area contributed by atoms with E-state index in [0.29, 0.717) is 5.75 Å². The van der Waals surface area contributed by atoms with Gasteiger partial charge in [0, 0.05) is 0 Å². The fourth-order valence-corrected chi connectivity index (χ4v) is 0.997. The maximum atomic E-state index is 10.8. The Kier molecular flexibility index (Phi) is 2.55. The van der Waals surface area contributed by atoms with E-state index in [1.807, 2.05) is 0 Å². The number of hydrogen-bond acceptors (Lipinski definition) is 3. The zero-order chi connectivity index (χ0) is 9.14. The summed E-state index contributed by atoms with van der Waals surface area (Å²) in [4.78, 5) is 10.8. The standard InChI is InChI=1S/C8H7ClO3/c1-12-7-3-2-5(10)4-6(7)8(9)11/h2-4,10H,1H3. The van der Waals surface area contributed by atoms with Crippen LogP contribution in [0.25, 0.3) is 0 Å². The summed E-state index contributed by atoms with van der Waals surface area (Å²) in [6.07, 6.45) is 0. The summed E-state index contributed by atoms with van der Waals surface area (Å²) in [5.74, 6) is 0.340. The molecular formula is C8H7ClO3. The van der Waals surface area contributed by atoms with Crippen molar-refractivity contribution in [1.29, 1.82) is 0 Å². The molecule has 0 saturated heterocycles. The molecule has 0 aliphatic carbocycles. The van der Waals surface area contributed by atoms with E-state index in [2.05, 4.69) is 0 Å². The van der Waals surface area contributed by atoms with Gasteiger partial charge in [0.05, 0.1) is 12.7 Å². The lowest BCUT2D eigenvalue weighted by molar-refractivity contribution is 0.107. The molecule has 0 aliphatic rings. The Morgan fingerprint density at radius 2 is 2.25 bits per heavy atom. The van der Waals surface area contributed by atoms with Crippen LogP contribution in [0.1, 0.15) is 10.4 Å². The summed E-state index contributed by atoms with van der Waals surface area (Å²) in [6, 6.07) is 4.15. The molecule has 4 heteroatoms. The van der Waals surface area contributed by atoms with Crippen LogP contribution in [0.4, 0.5) is 0 Å². The number of phenolic OH excluding ortho intramolecular Hbond substituents is 1. The summed E-state index contributed by atoms with van der Waals surface area (Å²) in [6.45, 7) is 0. The number of methoxy groups -OCH3 is 1. The highest BCUT2D eigenvalue weighted by Crippen LogP contribution is 2.24. The van der Waals surface area contributed by atoms with Crippen molar-refractivity contribution in [3.05, 3.63) is 23.8 Å². The molecule has 1 aromatic carbocycles. The molecule has 0 aliphatic heterocycles. The topological polar surface area (TPSA) is 46.5 Å². The van der Waals surface area contributed by atoms with Crippen LogP contribution in [0.3, 0.4) is 0 Å². The maximum absolute atomic E-state index is 10.8. The van der Waals surface area contributed by atoms with Gasteiger partial charge >= 0.3 is 0 Å². The van der Waals surface area contributed by atoms with Gasteiger partial charge in [0.15, 0.2) is 0 Å². The molecule has 0 saturated carbocycles. The van der Waals surface area contributed by atoms with Crippen LogP contribution in [-0.4, -0.2) is 17.5 Å². The van der Waals surface area contributed by atoms with Crippen LogP contribution < -0.4 is 4.74 Å². The lowest BCUT2D eigenvalue weighted by Crippen LogP contribution is -1.94. The quantitative estimate of drug-likeness (QED) is 0.717. The SMILES string of the molecule is COc1ccc(O)cc1C(=O)Cl. The van der Waals surface area contributed by atoms with Crippen molar-refractivity contribution in [3.63, 3.8) is 0 Å². The highest BCUT2D eigenvalue weighted by Gasteiger charge is 2.09. The number of hydrogen-bond donors (Lipinski definition) is 1. The average Bonchev–Trinajstić information content (AvgIpc) is 2.04. The molecule has 0 bridgehead atoms. The molecule has 0 fully saturated rings. The van der Waals surface area contributed by atoms with Crippen molar-refractivity contribution in [2.75, 3.05) is 7.11 Å². The van der Waals surface area contributed by atoms with E-state index in [1.165, 1.54) is 25.3 Å². The number of aromatic hydroxyl groups is 1. The minimum atomic E-state index is -0.650. The summed E-state index contributed by atoms with van der Waals surface area (Å²) in [5, 5.41) is 8.37. The zero-order valence-corrected chi connectivity index (χ0v) is 7.13. The number of phenols is 1. The Balaban J connectivity index is 3.21. The highest BCUT2D eigenvalue weighted by atomic mass is 35.5. The number of rotatable bonds is 2. The largest absolute Gasteiger partial charge is 0.508 e.